The maximum absolute atomic E-state index is 12.8. The third-order valence-corrected chi connectivity index (χ3v) is 12.8. The summed E-state index contributed by atoms with van der Waals surface area (Å²) in [7, 11) is 5.54. The molecule has 0 heterocycles. The zero-order valence-electron chi connectivity index (χ0n) is 44.2. The number of ether oxygens (including phenoxy) is 3. The van der Waals surface area contributed by atoms with Crippen molar-refractivity contribution >= 4 is 17.9 Å². The fourth-order valence-corrected chi connectivity index (χ4v) is 8.41. The maximum Gasteiger partial charge on any atom is 0.362 e. The monoisotopic (exact) mass is 931 g/mol. The molecule has 0 radical (unpaired) electrons. The third-order valence-electron chi connectivity index (χ3n) is 12.8. The zero-order chi connectivity index (χ0) is 48.4. The molecular formula is C58H108NO7+. The lowest BCUT2D eigenvalue weighted by Crippen LogP contribution is -2.50. The van der Waals surface area contributed by atoms with Crippen LogP contribution in [0.25, 0.3) is 0 Å². The first-order valence-electron chi connectivity index (χ1n) is 28.0. The number of carbonyl (C=O) groups is 3. The quantitative estimate of drug-likeness (QED) is 0.0281. The molecule has 386 valence electrons. The molecule has 1 N–H and O–H groups in total. The molecule has 0 aromatic heterocycles. The lowest BCUT2D eigenvalue weighted by Gasteiger charge is -2.31. The summed E-state index contributed by atoms with van der Waals surface area (Å²) in [5.74, 6) is -1.47. The maximum atomic E-state index is 12.8. The highest BCUT2D eigenvalue weighted by Crippen LogP contribution is 2.16. The van der Waals surface area contributed by atoms with Crippen LogP contribution in [0.1, 0.15) is 264 Å². The molecule has 0 spiro atoms. The van der Waals surface area contributed by atoms with Crippen LogP contribution in [0.15, 0.2) is 36.5 Å². The standard InChI is InChI=1S/C58H107NO7/c1-6-8-10-12-14-16-18-20-22-24-26-28-29-31-32-34-36-38-40-42-44-46-48-56(60)65-53-54(52-64-51-50-55(58(62)63)59(3,4)5)66-57(61)49-47-45-43-41-39-37-35-33-30-27-25-23-21-19-17-15-13-11-9-7-2/h24,26-27,29-31,54-55H,6-23,25,28,32-53H2,1-5H3/p+1/b26-24+,30-27+,31-29+. The van der Waals surface area contributed by atoms with Crippen LogP contribution < -0.4 is 0 Å². The summed E-state index contributed by atoms with van der Waals surface area (Å²) in [6, 6.07) is -0.617. The van der Waals surface area contributed by atoms with E-state index in [4.69, 9.17) is 14.2 Å². The van der Waals surface area contributed by atoms with Gasteiger partial charge in [0.15, 0.2) is 12.1 Å². The van der Waals surface area contributed by atoms with E-state index >= 15 is 0 Å². The minimum atomic E-state index is -0.874. The van der Waals surface area contributed by atoms with Gasteiger partial charge in [0.1, 0.15) is 6.61 Å². The lowest BCUT2D eigenvalue weighted by atomic mass is 10.1. The van der Waals surface area contributed by atoms with E-state index in [0.717, 1.165) is 51.4 Å². The van der Waals surface area contributed by atoms with Crippen LogP contribution in [-0.2, 0) is 28.6 Å². The normalized spacial score (nSPS) is 13.0. The van der Waals surface area contributed by atoms with Crippen LogP contribution in [0.4, 0.5) is 0 Å². The van der Waals surface area contributed by atoms with Gasteiger partial charge in [-0.3, -0.25) is 9.59 Å². The fraction of sp³-hybridized carbons (Fsp3) is 0.845. The summed E-state index contributed by atoms with van der Waals surface area (Å²) in [5, 5.41) is 9.67. The van der Waals surface area contributed by atoms with E-state index in [0.29, 0.717) is 19.3 Å². The number of allylic oxidation sites excluding steroid dienone is 6. The molecule has 0 amide bonds. The van der Waals surface area contributed by atoms with Gasteiger partial charge in [-0.2, -0.15) is 0 Å². The number of hydrogen-bond acceptors (Lipinski definition) is 6. The van der Waals surface area contributed by atoms with E-state index in [9.17, 15) is 19.5 Å². The Bertz CT molecular complexity index is 1170. The smallest absolute Gasteiger partial charge is 0.362 e. The van der Waals surface area contributed by atoms with E-state index in [2.05, 4.69) is 50.3 Å². The van der Waals surface area contributed by atoms with Crippen molar-refractivity contribution in [3.05, 3.63) is 36.5 Å². The lowest BCUT2D eigenvalue weighted by molar-refractivity contribution is -0.887. The molecule has 0 aliphatic rings. The fourth-order valence-electron chi connectivity index (χ4n) is 8.41. The largest absolute Gasteiger partial charge is 0.477 e. The molecule has 0 saturated heterocycles. The average molecular weight is 932 g/mol. The zero-order valence-corrected chi connectivity index (χ0v) is 44.2. The Morgan fingerprint density at radius 2 is 0.803 bits per heavy atom. The second-order valence-corrected chi connectivity index (χ2v) is 20.2. The van der Waals surface area contributed by atoms with Gasteiger partial charge >= 0.3 is 17.9 Å². The van der Waals surface area contributed by atoms with Crippen molar-refractivity contribution in [2.24, 2.45) is 0 Å². The molecule has 0 aromatic rings. The van der Waals surface area contributed by atoms with E-state index in [1.54, 1.807) is 0 Å². The molecule has 0 aliphatic carbocycles. The van der Waals surface area contributed by atoms with Crippen molar-refractivity contribution in [1.29, 1.82) is 0 Å². The second kappa shape index (κ2) is 49.0. The summed E-state index contributed by atoms with van der Waals surface area (Å²) in [4.78, 5) is 37.2. The number of carbonyl (C=O) groups excluding carboxylic acids is 2. The minimum absolute atomic E-state index is 0.0548. The summed E-state index contributed by atoms with van der Waals surface area (Å²) in [5.41, 5.74) is 0. The Hall–Kier alpha value is -2.45. The number of aliphatic carboxylic acids is 1. The van der Waals surface area contributed by atoms with Gasteiger partial charge in [-0.05, 0) is 70.6 Å². The number of hydrogen-bond donors (Lipinski definition) is 1. The number of nitrogens with zero attached hydrogens (tertiary/aromatic N) is 1. The molecule has 0 bridgehead atoms. The number of esters is 2. The highest BCUT2D eigenvalue weighted by molar-refractivity contribution is 5.72. The number of quaternary nitrogens is 1. The van der Waals surface area contributed by atoms with E-state index < -0.39 is 18.1 Å². The highest BCUT2D eigenvalue weighted by Gasteiger charge is 2.31. The van der Waals surface area contributed by atoms with Crippen molar-refractivity contribution in [2.45, 2.75) is 276 Å². The van der Waals surface area contributed by atoms with E-state index in [1.807, 2.05) is 21.1 Å². The van der Waals surface area contributed by atoms with Crippen LogP contribution in [0, 0.1) is 0 Å². The number of carboxylic acids is 1. The number of likely N-dealkylation sites (N-methyl/N-ethyl adjacent to an activating group) is 1. The predicted octanol–water partition coefficient (Wildman–Crippen LogP) is 16.5. The Labute approximate surface area is 408 Å². The second-order valence-electron chi connectivity index (χ2n) is 20.2. The number of carboxylic acid groups (broad SMARTS) is 1. The first-order chi connectivity index (χ1) is 32.1. The van der Waals surface area contributed by atoms with E-state index in [-0.39, 0.29) is 36.2 Å². The van der Waals surface area contributed by atoms with Crippen molar-refractivity contribution < 1.29 is 38.2 Å². The Kier molecular flexibility index (Phi) is 47.2. The molecule has 0 fully saturated rings. The van der Waals surface area contributed by atoms with Gasteiger partial charge in [0, 0.05) is 19.3 Å². The Morgan fingerprint density at radius 1 is 0.455 bits per heavy atom. The molecule has 0 aromatic carbocycles. The van der Waals surface area contributed by atoms with Gasteiger partial charge in [-0.15, -0.1) is 0 Å². The Morgan fingerprint density at radius 3 is 1.18 bits per heavy atom. The molecule has 0 rings (SSSR count). The third kappa shape index (κ3) is 46.7. The number of rotatable bonds is 51. The van der Waals surface area contributed by atoms with Crippen LogP contribution in [0.5, 0.6) is 0 Å². The van der Waals surface area contributed by atoms with Crippen molar-refractivity contribution in [2.75, 3.05) is 41.0 Å². The average Bonchev–Trinajstić information content (AvgIpc) is 3.28. The molecule has 66 heavy (non-hydrogen) atoms. The first-order valence-corrected chi connectivity index (χ1v) is 28.0. The van der Waals surface area contributed by atoms with Gasteiger partial charge in [-0.1, -0.05) is 211 Å². The van der Waals surface area contributed by atoms with Crippen LogP contribution >= 0.6 is 0 Å². The predicted molar refractivity (Wildman–Crippen MR) is 280 cm³/mol. The first kappa shape index (κ1) is 63.5. The van der Waals surface area contributed by atoms with Gasteiger partial charge in [0.25, 0.3) is 0 Å². The van der Waals surface area contributed by atoms with Gasteiger partial charge in [0.05, 0.1) is 34.4 Å². The summed E-state index contributed by atoms with van der Waals surface area (Å²) < 4.78 is 17.4. The molecule has 2 unspecified atom stereocenters. The van der Waals surface area contributed by atoms with Crippen molar-refractivity contribution in [1.82, 2.24) is 0 Å². The van der Waals surface area contributed by atoms with Crippen LogP contribution in [-0.4, -0.2) is 80.6 Å². The Balaban J connectivity index is 4.21. The minimum Gasteiger partial charge on any atom is -0.477 e. The van der Waals surface area contributed by atoms with Gasteiger partial charge < -0.3 is 23.8 Å². The summed E-state index contributed by atoms with van der Waals surface area (Å²) >= 11 is 0. The molecule has 0 aliphatic heterocycles. The molecule has 8 heteroatoms. The highest BCUT2D eigenvalue weighted by atomic mass is 16.6. The van der Waals surface area contributed by atoms with Crippen LogP contribution in [0.2, 0.25) is 0 Å². The van der Waals surface area contributed by atoms with Crippen molar-refractivity contribution in [3.63, 3.8) is 0 Å². The van der Waals surface area contributed by atoms with Crippen LogP contribution in [0.3, 0.4) is 0 Å². The van der Waals surface area contributed by atoms with E-state index in [1.165, 1.54) is 180 Å². The van der Waals surface area contributed by atoms with Gasteiger partial charge in [0.2, 0.25) is 0 Å². The molecule has 2 atom stereocenters. The summed E-state index contributed by atoms with van der Waals surface area (Å²) in [6.07, 6.45) is 59.1. The summed E-state index contributed by atoms with van der Waals surface area (Å²) in [6.45, 7) is 4.76. The molecule has 0 saturated carbocycles. The topological polar surface area (TPSA) is 99.1 Å². The number of unbranched alkanes of at least 4 members (excludes halogenated alkanes) is 31. The van der Waals surface area contributed by atoms with Crippen molar-refractivity contribution in [3.8, 4) is 0 Å². The SMILES string of the molecule is CCCCCCCCCC/C=C/C/C=C/CCCCCCCCCC(=O)OCC(COCCC(C(=O)O)[N+](C)(C)C)OC(=O)CCCCCCCCC/C=C/CCCCCCCCCCC. The van der Waals surface area contributed by atoms with Gasteiger partial charge in [-0.25, -0.2) is 4.79 Å². The molecule has 8 nitrogen and oxygen atoms in total. The molecular weight excluding hydrogens is 823 g/mol.